The number of nitrogen functional groups attached to an aromatic ring is 1. The van der Waals surface area contributed by atoms with Gasteiger partial charge in [-0.15, -0.1) is 11.3 Å². The Hall–Kier alpha value is -4.04. The van der Waals surface area contributed by atoms with Gasteiger partial charge in [0.2, 0.25) is 0 Å². The van der Waals surface area contributed by atoms with E-state index in [0.717, 1.165) is 38.6 Å². The summed E-state index contributed by atoms with van der Waals surface area (Å²) >= 11 is 1.50. The number of nitrogens with zero attached hydrogens (tertiary/aromatic N) is 4. The van der Waals surface area contributed by atoms with E-state index < -0.39 is 0 Å². The molecular formula is C23H18N6OS. The molecule has 0 bridgehead atoms. The number of ether oxygens (including phenoxy) is 1. The minimum absolute atomic E-state index is 0.584. The summed E-state index contributed by atoms with van der Waals surface area (Å²) in [5.74, 6) is 1.96. The van der Waals surface area contributed by atoms with E-state index in [1.54, 1.807) is 19.5 Å². The number of nitrogens with one attached hydrogen (secondary N) is 1. The quantitative estimate of drug-likeness (QED) is 0.375. The van der Waals surface area contributed by atoms with Crippen molar-refractivity contribution >= 4 is 38.9 Å². The van der Waals surface area contributed by atoms with Crippen LogP contribution in [0, 0.1) is 0 Å². The largest absolute Gasteiger partial charge is 0.497 e. The van der Waals surface area contributed by atoms with Crippen molar-refractivity contribution in [3.05, 3.63) is 72.4 Å². The molecule has 3 aromatic heterocycles. The maximum Gasteiger partial charge on any atom is 0.188 e. The number of aromatic nitrogens is 4. The first kappa shape index (κ1) is 19.0. The van der Waals surface area contributed by atoms with Crippen LogP contribution in [0.15, 0.2) is 72.4 Å². The fourth-order valence-electron chi connectivity index (χ4n) is 3.22. The van der Waals surface area contributed by atoms with Crippen LogP contribution in [0.1, 0.15) is 0 Å². The zero-order valence-electron chi connectivity index (χ0n) is 16.6. The Kier molecular flexibility index (Phi) is 4.89. The fraction of sp³-hybridized carbons (Fsp3) is 0.0435. The molecule has 0 unspecified atom stereocenters. The highest BCUT2D eigenvalue weighted by Gasteiger charge is 2.13. The van der Waals surface area contributed by atoms with E-state index in [0.29, 0.717) is 17.3 Å². The summed E-state index contributed by atoms with van der Waals surface area (Å²) < 4.78 is 5.40. The van der Waals surface area contributed by atoms with Crippen LogP contribution in [-0.4, -0.2) is 27.0 Å². The first-order valence-electron chi connectivity index (χ1n) is 9.54. The molecule has 0 aliphatic heterocycles. The molecular weight excluding hydrogens is 408 g/mol. The Labute approximate surface area is 182 Å². The number of methoxy groups -OCH3 is 1. The molecule has 0 radical (unpaired) electrons. The Morgan fingerprint density at radius 2 is 1.87 bits per heavy atom. The van der Waals surface area contributed by atoms with Gasteiger partial charge >= 0.3 is 0 Å². The van der Waals surface area contributed by atoms with Gasteiger partial charge in [-0.1, -0.05) is 12.1 Å². The van der Waals surface area contributed by atoms with Crippen LogP contribution >= 0.6 is 11.3 Å². The molecule has 7 nitrogen and oxygen atoms in total. The van der Waals surface area contributed by atoms with Crippen molar-refractivity contribution in [2.24, 2.45) is 0 Å². The monoisotopic (exact) mass is 426 g/mol. The predicted octanol–water partition coefficient (Wildman–Crippen LogP) is 5.15. The molecule has 3 heterocycles. The van der Waals surface area contributed by atoms with Crippen LogP contribution in [0.4, 0.5) is 16.6 Å². The van der Waals surface area contributed by atoms with Gasteiger partial charge in [0, 0.05) is 40.0 Å². The summed E-state index contributed by atoms with van der Waals surface area (Å²) in [4.78, 5) is 18.4. The summed E-state index contributed by atoms with van der Waals surface area (Å²) in [5.41, 5.74) is 10.1. The molecule has 0 aliphatic rings. The Bertz CT molecular complexity index is 1370. The van der Waals surface area contributed by atoms with Crippen molar-refractivity contribution in [3.8, 4) is 28.4 Å². The van der Waals surface area contributed by atoms with Gasteiger partial charge < -0.3 is 15.8 Å². The first-order chi connectivity index (χ1) is 15.2. The normalized spacial score (nSPS) is 10.9. The van der Waals surface area contributed by atoms with E-state index in [4.69, 9.17) is 25.4 Å². The van der Waals surface area contributed by atoms with Gasteiger partial charge in [-0.05, 0) is 42.5 Å². The summed E-state index contributed by atoms with van der Waals surface area (Å²) in [6, 6.07) is 17.2. The summed E-state index contributed by atoms with van der Waals surface area (Å²) in [5, 5.41) is 6.91. The van der Waals surface area contributed by atoms with Crippen molar-refractivity contribution in [1.29, 1.82) is 0 Å². The lowest BCUT2D eigenvalue weighted by Gasteiger charge is -2.10. The highest BCUT2D eigenvalue weighted by Crippen LogP contribution is 2.32. The van der Waals surface area contributed by atoms with E-state index in [1.165, 1.54) is 11.3 Å². The van der Waals surface area contributed by atoms with Crippen molar-refractivity contribution in [2.45, 2.75) is 0 Å². The van der Waals surface area contributed by atoms with Crippen LogP contribution in [0.2, 0.25) is 0 Å². The standard InChI is InChI=1S/C23H18N6OS/c1-30-17-7-8-19-18(11-17)22(28-21(26-19)15-5-3-9-25-12-15)29-23-27-20(13-31-23)14-4-2-6-16(24)10-14/h2-13H,24H2,1H3,(H,26,27,28,29). The van der Waals surface area contributed by atoms with Gasteiger partial charge in [0.1, 0.15) is 11.6 Å². The Morgan fingerprint density at radius 3 is 2.68 bits per heavy atom. The number of thiazole rings is 1. The molecule has 5 aromatic rings. The van der Waals surface area contributed by atoms with Gasteiger partial charge in [-0.25, -0.2) is 15.0 Å². The molecule has 2 aromatic carbocycles. The van der Waals surface area contributed by atoms with E-state index in [9.17, 15) is 0 Å². The van der Waals surface area contributed by atoms with E-state index in [1.807, 2.05) is 60.0 Å². The highest BCUT2D eigenvalue weighted by molar-refractivity contribution is 7.14. The molecule has 31 heavy (non-hydrogen) atoms. The molecule has 3 N–H and O–H groups in total. The van der Waals surface area contributed by atoms with Crippen molar-refractivity contribution in [3.63, 3.8) is 0 Å². The number of hydrogen-bond acceptors (Lipinski definition) is 8. The van der Waals surface area contributed by atoms with Gasteiger partial charge in [-0.3, -0.25) is 4.98 Å². The highest BCUT2D eigenvalue weighted by atomic mass is 32.1. The molecule has 152 valence electrons. The second-order valence-electron chi connectivity index (χ2n) is 6.81. The lowest BCUT2D eigenvalue weighted by Crippen LogP contribution is -2.00. The van der Waals surface area contributed by atoms with Crippen LogP contribution in [-0.2, 0) is 0 Å². The van der Waals surface area contributed by atoms with E-state index >= 15 is 0 Å². The first-order valence-corrected chi connectivity index (χ1v) is 10.4. The molecule has 0 saturated heterocycles. The lowest BCUT2D eigenvalue weighted by molar-refractivity contribution is 0.415. The van der Waals surface area contributed by atoms with E-state index in [2.05, 4.69) is 10.3 Å². The molecule has 0 fully saturated rings. The minimum Gasteiger partial charge on any atom is -0.497 e. The molecule has 0 aliphatic carbocycles. The van der Waals surface area contributed by atoms with Crippen LogP contribution < -0.4 is 15.8 Å². The molecule has 0 atom stereocenters. The van der Waals surface area contributed by atoms with Crippen molar-refractivity contribution in [2.75, 3.05) is 18.2 Å². The Morgan fingerprint density at radius 1 is 0.968 bits per heavy atom. The van der Waals surface area contributed by atoms with Crippen molar-refractivity contribution < 1.29 is 4.74 Å². The van der Waals surface area contributed by atoms with Gasteiger partial charge in [0.15, 0.2) is 11.0 Å². The second-order valence-corrected chi connectivity index (χ2v) is 7.67. The van der Waals surface area contributed by atoms with Crippen LogP contribution in [0.3, 0.4) is 0 Å². The molecule has 8 heteroatoms. The summed E-state index contributed by atoms with van der Waals surface area (Å²) in [6.45, 7) is 0. The minimum atomic E-state index is 0.584. The third kappa shape index (κ3) is 3.88. The van der Waals surface area contributed by atoms with Crippen molar-refractivity contribution in [1.82, 2.24) is 19.9 Å². The number of hydrogen-bond donors (Lipinski definition) is 2. The van der Waals surface area contributed by atoms with Gasteiger partial charge in [0.05, 0.1) is 18.3 Å². The number of pyridine rings is 1. The smallest absolute Gasteiger partial charge is 0.188 e. The third-order valence-corrected chi connectivity index (χ3v) is 5.49. The number of fused-ring (bicyclic) bond motifs is 1. The Balaban J connectivity index is 1.58. The molecule has 5 rings (SSSR count). The van der Waals surface area contributed by atoms with Gasteiger partial charge in [-0.2, -0.15) is 0 Å². The number of nitrogens with two attached hydrogens (primary N) is 1. The number of anilines is 3. The summed E-state index contributed by atoms with van der Waals surface area (Å²) in [6.07, 6.45) is 3.47. The predicted molar refractivity (Wildman–Crippen MR) is 125 cm³/mol. The van der Waals surface area contributed by atoms with Crippen LogP contribution in [0.25, 0.3) is 33.5 Å². The molecule has 0 saturated carbocycles. The molecule has 0 amide bonds. The second kappa shape index (κ2) is 8.00. The topological polar surface area (TPSA) is 98.8 Å². The number of rotatable bonds is 5. The zero-order chi connectivity index (χ0) is 21.2. The maximum absolute atomic E-state index is 5.91. The zero-order valence-corrected chi connectivity index (χ0v) is 17.4. The van der Waals surface area contributed by atoms with Gasteiger partial charge in [0.25, 0.3) is 0 Å². The average Bonchev–Trinajstić information content (AvgIpc) is 3.28. The SMILES string of the molecule is COc1ccc2nc(-c3cccnc3)nc(Nc3nc(-c4cccc(N)c4)cs3)c2c1. The van der Waals surface area contributed by atoms with Crippen LogP contribution in [0.5, 0.6) is 5.75 Å². The van der Waals surface area contributed by atoms with E-state index in [-0.39, 0.29) is 0 Å². The third-order valence-electron chi connectivity index (χ3n) is 4.73. The number of benzene rings is 2. The molecule has 0 spiro atoms. The average molecular weight is 427 g/mol. The lowest BCUT2D eigenvalue weighted by atomic mass is 10.1. The maximum atomic E-state index is 5.91. The fourth-order valence-corrected chi connectivity index (χ4v) is 3.94. The summed E-state index contributed by atoms with van der Waals surface area (Å²) in [7, 11) is 1.64.